The molecule has 1 amide bonds. The minimum atomic E-state index is -0.334. The summed E-state index contributed by atoms with van der Waals surface area (Å²) in [4.78, 5) is 31.0. The maximum Gasteiger partial charge on any atom is 0.262 e. The molecule has 0 aliphatic carbocycles. The summed E-state index contributed by atoms with van der Waals surface area (Å²) >= 11 is 0. The Kier molecular flexibility index (Phi) is 3.81. The van der Waals surface area contributed by atoms with Gasteiger partial charge >= 0.3 is 0 Å². The normalized spacial score (nSPS) is 10.8. The number of hydrogen-bond acceptors (Lipinski definition) is 5. The summed E-state index contributed by atoms with van der Waals surface area (Å²) in [7, 11) is 1.64. The number of carbonyl (C=O) groups is 1. The number of aryl methyl sites for hydroxylation is 2. The average Bonchev–Trinajstić information content (AvgIpc) is 2.81. The van der Waals surface area contributed by atoms with Crippen molar-refractivity contribution in [3.63, 3.8) is 0 Å². The quantitative estimate of drug-likeness (QED) is 0.732. The van der Waals surface area contributed by atoms with Gasteiger partial charge < -0.3 is 15.1 Å². The number of rotatable bonds is 2. The minimum Gasteiger partial charge on any atom is -0.442 e. The fraction of sp³-hybridized carbons (Fsp3) is 0.167. The minimum absolute atomic E-state index is 0.166. The lowest BCUT2D eigenvalue weighted by Gasteiger charge is -2.17. The Morgan fingerprint density at radius 2 is 1.88 bits per heavy atom. The van der Waals surface area contributed by atoms with Crippen molar-refractivity contribution >= 4 is 28.4 Å². The molecule has 0 spiro atoms. The number of hydrogen-bond donors (Lipinski definition) is 1. The monoisotopic (exact) mass is 323 g/mol. The highest BCUT2D eigenvalue weighted by Gasteiger charge is 2.24. The number of benzene rings is 1. The average molecular weight is 323 g/mol. The lowest BCUT2D eigenvalue weighted by atomic mass is 10.1. The summed E-state index contributed by atoms with van der Waals surface area (Å²) in [5.74, 6) is 0.0320. The highest BCUT2D eigenvalue weighted by molar-refractivity contribution is 6.13. The van der Waals surface area contributed by atoms with Gasteiger partial charge in [-0.3, -0.25) is 9.59 Å². The number of aromatic nitrogens is 1. The van der Waals surface area contributed by atoms with E-state index in [2.05, 4.69) is 4.98 Å². The third kappa shape index (κ3) is 2.62. The predicted molar refractivity (Wildman–Crippen MR) is 93.3 cm³/mol. The molecule has 2 N–H and O–H groups in total. The van der Waals surface area contributed by atoms with E-state index in [0.717, 1.165) is 0 Å². The number of nitrogens with two attached hydrogens (primary N) is 1. The molecule has 24 heavy (non-hydrogen) atoms. The van der Waals surface area contributed by atoms with Crippen LogP contribution in [0.4, 0.5) is 11.4 Å². The number of amides is 1. The van der Waals surface area contributed by atoms with E-state index in [9.17, 15) is 9.59 Å². The molecule has 1 aromatic carbocycles. The van der Waals surface area contributed by atoms with Crippen LogP contribution in [-0.4, -0.2) is 17.9 Å². The van der Waals surface area contributed by atoms with Crippen molar-refractivity contribution < 1.29 is 9.21 Å². The Balaban J connectivity index is 2.17. The topological polar surface area (TPSA) is 89.4 Å². The van der Waals surface area contributed by atoms with Gasteiger partial charge in [-0.1, -0.05) is 0 Å². The molecule has 0 radical (unpaired) electrons. The summed E-state index contributed by atoms with van der Waals surface area (Å²) in [6.07, 6.45) is 1.55. The highest BCUT2D eigenvalue weighted by atomic mass is 16.3. The predicted octanol–water partition coefficient (Wildman–Crippen LogP) is 2.66. The molecule has 6 nitrogen and oxygen atoms in total. The first-order valence-corrected chi connectivity index (χ1v) is 7.42. The maximum atomic E-state index is 12.9. The summed E-state index contributed by atoms with van der Waals surface area (Å²) in [5.41, 5.74) is 7.77. The van der Waals surface area contributed by atoms with Crippen LogP contribution in [0.1, 0.15) is 21.7 Å². The first kappa shape index (κ1) is 15.7. The molecule has 0 saturated carbocycles. The Bertz CT molecular complexity index is 991. The molecule has 3 rings (SSSR count). The number of carbonyl (C=O) groups excluding carboxylic acids is 1. The molecule has 0 atom stereocenters. The van der Waals surface area contributed by atoms with Gasteiger partial charge in [0.25, 0.3) is 5.91 Å². The number of furan rings is 1. The van der Waals surface area contributed by atoms with Crippen LogP contribution < -0.4 is 16.1 Å². The van der Waals surface area contributed by atoms with Crippen LogP contribution in [-0.2, 0) is 0 Å². The highest BCUT2D eigenvalue weighted by Crippen LogP contribution is 2.25. The van der Waals surface area contributed by atoms with Gasteiger partial charge in [0.2, 0.25) is 5.71 Å². The lowest BCUT2D eigenvalue weighted by Crippen LogP contribution is -2.27. The van der Waals surface area contributed by atoms with Gasteiger partial charge in [0.15, 0.2) is 5.43 Å². The van der Waals surface area contributed by atoms with Crippen molar-refractivity contribution in [3.05, 3.63) is 63.6 Å². The molecule has 2 heterocycles. The number of nitrogen functional groups attached to an aromatic ring is 1. The van der Waals surface area contributed by atoms with E-state index in [0.29, 0.717) is 22.7 Å². The van der Waals surface area contributed by atoms with Gasteiger partial charge in [-0.2, -0.15) is 0 Å². The zero-order chi connectivity index (χ0) is 17.4. The molecule has 0 fully saturated rings. The van der Waals surface area contributed by atoms with Gasteiger partial charge in [-0.15, -0.1) is 0 Å². The van der Waals surface area contributed by atoms with Gasteiger partial charge in [0.1, 0.15) is 11.1 Å². The summed E-state index contributed by atoms with van der Waals surface area (Å²) < 4.78 is 5.54. The van der Waals surface area contributed by atoms with E-state index in [4.69, 9.17) is 10.2 Å². The molecule has 0 bridgehead atoms. The first-order chi connectivity index (χ1) is 11.4. The van der Waals surface area contributed by atoms with Crippen molar-refractivity contribution in [2.45, 2.75) is 13.8 Å². The first-order valence-electron chi connectivity index (χ1n) is 7.42. The summed E-state index contributed by atoms with van der Waals surface area (Å²) in [5, 5.41) is 0.202. The molecule has 0 aliphatic rings. The van der Waals surface area contributed by atoms with Crippen molar-refractivity contribution in [3.8, 4) is 0 Å². The Morgan fingerprint density at radius 1 is 1.21 bits per heavy atom. The van der Waals surface area contributed by atoms with Crippen molar-refractivity contribution in [1.29, 1.82) is 0 Å². The number of anilines is 2. The smallest absolute Gasteiger partial charge is 0.262 e. The van der Waals surface area contributed by atoms with Crippen molar-refractivity contribution in [2.24, 2.45) is 0 Å². The third-order valence-corrected chi connectivity index (χ3v) is 3.86. The van der Waals surface area contributed by atoms with Crippen LogP contribution in [0.5, 0.6) is 0 Å². The Labute approximate surface area is 138 Å². The van der Waals surface area contributed by atoms with E-state index < -0.39 is 0 Å². The SMILES string of the molecule is Cc1cnc2oc(C)c(C(=O)N(C)c3ccc(N)cc3)c2c(=O)c1. The van der Waals surface area contributed by atoms with Gasteiger partial charge in [0.05, 0.1) is 5.56 Å². The molecular weight excluding hydrogens is 306 g/mol. The van der Waals surface area contributed by atoms with E-state index in [1.165, 1.54) is 11.0 Å². The standard InChI is InChI=1S/C18H17N3O3/c1-10-8-14(22)16-15(11(2)24-17(16)20-9-10)18(23)21(3)13-6-4-12(19)5-7-13/h4-9H,19H2,1-3H3. The second-order valence-corrected chi connectivity index (χ2v) is 5.68. The van der Waals surface area contributed by atoms with Crippen LogP contribution in [0.2, 0.25) is 0 Å². The third-order valence-electron chi connectivity index (χ3n) is 3.86. The number of fused-ring (bicyclic) bond motifs is 1. The molecule has 0 aliphatic heterocycles. The number of nitrogens with zero attached hydrogens (tertiary/aromatic N) is 2. The van der Waals surface area contributed by atoms with Crippen LogP contribution in [0.15, 0.2) is 45.7 Å². The van der Waals surface area contributed by atoms with E-state index in [1.54, 1.807) is 51.4 Å². The molecule has 6 heteroatoms. The van der Waals surface area contributed by atoms with Crippen LogP contribution in [0.25, 0.3) is 11.1 Å². The molecule has 0 unspecified atom stereocenters. The van der Waals surface area contributed by atoms with Crippen LogP contribution in [0, 0.1) is 13.8 Å². The van der Waals surface area contributed by atoms with Crippen LogP contribution >= 0.6 is 0 Å². The fourth-order valence-corrected chi connectivity index (χ4v) is 2.57. The van der Waals surface area contributed by atoms with Crippen molar-refractivity contribution in [1.82, 2.24) is 4.98 Å². The summed E-state index contributed by atoms with van der Waals surface area (Å²) in [6.45, 7) is 3.42. The molecular formula is C18H17N3O3. The molecule has 0 saturated heterocycles. The second-order valence-electron chi connectivity index (χ2n) is 5.68. The lowest BCUT2D eigenvalue weighted by molar-refractivity contribution is 0.0993. The van der Waals surface area contributed by atoms with E-state index >= 15 is 0 Å². The fourth-order valence-electron chi connectivity index (χ4n) is 2.57. The van der Waals surface area contributed by atoms with Gasteiger partial charge in [-0.25, -0.2) is 4.98 Å². The van der Waals surface area contributed by atoms with Gasteiger partial charge in [-0.05, 0) is 49.7 Å². The van der Waals surface area contributed by atoms with E-state index in [-0.39, 0.29) is 28.0 Å². The molecule has 2 aromatic heterocycles. The van der Waals surface area contributed by atoms with Crippen LogP contribution in [0.3, 0.4) is 0 Å². The van der Waals surface area contributed by atoms with Gasteiger partial charge in [0, 0.05) is 24.6 Å². The Morgan fingerprint density at radius 3 is 2.54 bits per heavy atom. The Hall–Kier alpha value is -3.15. The zero-order valence-corrected chi connectivity index (χ0v) is 13.7. The maximum absolute atomic E-state index is 12.9. The molecule has 3 aromatic rings. The largest absolute Gasteiger partial charge is 0.442 e. The molecule has 122 valence electrons. The zero-order valence-electron chi connectivity index (χ0n) is 13.7. The second kappa shape index (κ2) is 5.81. The summed E-state index contributed by atoms with van der Waals surface area (Å²) in [6, 6.07) is 8.35. The van der Waals surface area contributed by atoms with Crippen molar-refractivity contribution in [2.75, 3.05) is 17.7 Å². The van der Waals surface area contributed by atoms with E-state index in [1.807, 2.05) is 0 Å².